The molecule has 0 spiro atoms. The summed E-state index contributed by atoms with van der Waals surface area (Å²) in [4.78, 5) is 10.4. The Hall–Kier alpha value is -1.31. The van der Waals surface area contributed by atoms with E-state index in [0.717, 1.165) is 5.57 Å². The molecule has 0 amide bonds. The Labute approximate surface area is 73.2 Å². The highest BCUT2D eigenvalue weighted by atomic mass is 16.5. The third-order valence-electron chi connectivity index (χ3n) is 1.21. The summed E-state index contributed by atoms with van der Waals surface area (Å²) in [5, 5.41) is 0. The van der Waals surface area contributed by atoms with Crippen LogP contribution >= 0.6 is 0 Å². The summed E-state index contributed by atoms with van der Waals surface area (Å²) in [7, 11) is 0. The fourth-order valence-electron chi connectivity index (χ4n) is 0.580. The number of esters is 1. The monoisotopic (exact) mass is 166 g/mol. The zero-order valence-corrected chi connectivity index (χ0v) is 7.54. The Balaban J connectivity index is 3.99. The minimum Gasteiger partial charge on any atom is -0.461 e. The molecule has 12 heavy (non-hydrogen) atoms. The lowest BCUT2D eigenvalue weighted by Gasteiger charge is -2.00. The zero-order valence-electron chi connectivity index (χ0n) is 7.54. The van der Waals surface area contributed by atoms with E-state index in [0.29, 0.717) is 6.61 Å². The van der Waals surface area contributed by atoms with Crippen LogP contribution in [0.25, 0.3) is 0 Å². The van der Waals surface area contributed by atoms with Crippen molar-refractivity contribution in [3.63, 3.8) is 0 Å². The van der Waals surface area contributed by atoms with Crippen molar-refractivity contribution in [3.05, 3.63) is 36.5 Å². The van der Waals surface area contributed by atoms with Crippen molar-refractivity contribution >= 4 is 5.97 Å². The molecule has 0 heterocycles. The molecule has 0 saturated carbocycles. The lowest BCUT2D eigenvalue weighted by atomic mass is 10.2. The summed E-state index contributed by atoms with van der Waals surface area (Å²) in [6, 6.07) is 0. The average molecular weight is 166 g/mol. The van der Waals surface area contributed by atoms with Crippen molar-refractivity contribution < 1.29 is 9.53 Å². The van der Waals surface area contributed by atoms with Crippen LogP contribution in [0.4, 0.5) is 0 Å². The van der Waals surface area contributed by atoms with E-state index >= 15 is 0 Å². The van der Waals surface area contributed by atoms with E-state index in [1.165, 1.54) is 6.92 Å². The van der Waals surface area contributed by atoms with Gasteiger partial charge in [-0.1, -0.05) is 30.9 Å². The molecule has 0 saturated heterocycles. The number of hydrogen-bond donors (Lipinski definition) is 0. The fourth-order valence-corrected chi connectivity index (χ4v) is 0.580. The summed E-state index contributed by atoms with van der Waals surface area (Å²) in [6.07, 6.45) is 7.30. The van der Waals surface area contributed by atoms with Crippen LogP contribution in [0.3, 0.4) is 0 Å². The first-order valence-corrected chi connectivity index (χ1v) is 3.78. The van der Waals surface area contributed by atoms with Crippen molar-refractivity contribution in [1.82, 2.24) is 0 Å². The first-order chi connectivity index (χ1) is 5.70. The fraction of sp³-hybridized carbons (Fsp3) is 0.300. The summed E-state index contributed by atoms with van der Waals surface area (Å²) in [5.41, 5.74) is 0.892. The number of hydrogen-bond acceptors (Lipinski definition) is 2. The van der Waals surface area contributed by atoms with E-state index in [1.807, 2.05) is 25.2 Å². The molecule has 0 aliphatic rings. The van der Waals surface area contributed by atoms with Gasteiger partial charge in [0.25, 0.3) is 0 Å². The molecule has 0 radical (unpaired) electrons. The van der Waals surface area contributed by atoms with Crippen LogP contribution in [-0.4, -0.2) is 12.6 Å². The Bertz CT molecular complexity index is 212. The second-order valence-corrected chi connectivity index (χ2v) is 2.25. The Morgan fingerprint density at radius 2 is 2.25 bits per heavy atom. The molecule has 0 aromatic heterocycles. The van der Waals surface area contributed by atoms with Crippen LogP contribution in [0.15, 0.2) is 36.5 Å². The third-order valence-corrected chi connectivity index (χ3v) is 1.21. The van der Waals surface area contributed by atoms with Crippen LogP contribution in [0.5, 0.6) is 0 Å². The van der Waals surface area contributed by atoms with Gasteiger partial charge in [0.2, 0.25) is 0 Å². The highest BCUT2D eigenvalue weighted by Gasteiger charge is 1.93. The maximum Gasteiger partial charge on any atom is 0.302 e. The predicted molar refractivity (Wildman–Crippen MR) is 49.7 cm³/mol. The number of ether oxygens (including phenoxy) is 1. The van der Waals surface area contributed by atoms with E-state index in [4.69, 9.17) is 4.74 Å². The number of rotatable bonds is 4. The second kappa shape index (κ2) is 6.40. The summed E-state index contributed by atoms with van der Waals surface area (Å²) >= 11 is 0. The molecule has 0 fully saturated rings. The minimum absolute atomic E-state index is 0.275. The molecule has 0 aliphatic carbocycles. The Morgan fingerprint density at radius 1 is 1.58 bits per heavy atom. The topological polar surface area (TPSA) is 26.3 Å². The van der Waals surface area contributed by atoms with E-state index < -0.39 is 0 Å². The van der Waals surface area contributed by atoms with Crippen molar-refractivity contribution in [1.29, 1.82) is 0 Å². The molecule has 0 aliphatic heterocycles. The molecule has 0 rings (SSSR count). The van der Waals surface area contributed by atoms with Crippen LogP contribution < -0.4 is 0 Å². The summed E-state index contributed by atoms with van der Waals surface area (Å²) < 4.78 is 4.78. The van der Waals surface area contributed by atoms with Gasteiger partial charge in [0.15, 0.2) is 0 Å². The first-order valence-electron chi connectivity index (χ1n) is 3.78. The third kappa shape index (κ3) is 5.47. The molecule has 0 atom stereocenters. The average Bonchev–Trinajstić information content (AvgIpc) is 2.05. The summed E-state index contributed by atoms with van der Waals surface area (Å²) in [6.45, 7) is 7.20. The SMILES string of the molecule is C=C/C(=C\C=C/C)COC(C)=O. The maximum atomic E-state index is 10.4. The van der Waals surface area contributed by atoms with Gasteiger partial charge in [0.1, 0.15) is 6.61 Å². The molecule has 0 aromatic rings. The highest BCUT2D eigenvalue weighted by Crippen LogP contribution is 1.97. The standard InChI is InChI=1S/C10H14O2/c1-4-6-7-10(5-2)8-12-9(3)11/h4-7H,2,8H2,1,3H3/b6-4-,10-7+. The van der Waals surface area contributed by atoms with Gasteiger partial charge in [-0.05, 0) is 12.5 Å². The van der Waals surface area contributed by atoms with Gasteiger partial charge in [-0.15, -0.1) is 0 Å². The minimum atomic E-state index is -0.275. The van der Waals surface area contributed by atoms with E-state index in [2.05, 4.69) is 6.58 Å². The molecule has 0 aromatic carbocycles. The molecule has 0 N–H and O–H groups in total. The number of carbonyl (C=O) groups is 1. The van der Waals surface area contributed by atoms with E-state index in [9.17, 15) is 4.79 Å². The molecule has 0 unspecified atom stereocenters. The van der Waals surface area contributed by atoms with Gasteiger partial charge in [-0.3, -0.25) is 4.79 Å². The molecule has 2 nitrogen and oxygen atoms in total. The van der Waals surface area contributed by atoms with Crippen LogP contribution in [0.2, 0.25) is 0 Å². The Kier molecular flexibility index (Phi) is 5.70. The van der Waals surface area contributed by atoms with Crippen LogP contribution in [0.1, 0.15) is 13.8 Å². The van der Waals surface area contributed by atoms with Gasteiger partial charge in [0.05, 0.1) is 0 Å². The van der Waals surface area contributed by atoms with Gasteiger partial charge in [0, 0.05) is 6.92 Å². The molecule has 0 bridgehead atoms. The van der Waals surface area contributed by atoms with Gasteiger partial charge >= 0.3 is 5.97 Å². The van der Waals surface area contributed by atoms with Gasteiger partial charge in [-0.2, -0.15) is 0 Å². The van der Waals surface area contributed by atoms with Gasteiger partial charge < -0.3 is 4.74 Å². The molecule has 66 valence electrons. The smallest absolute Gasteiger partial charge is 0.302 e. The van der Waals surface area contributed by atoms with Crippen molar-refractivity contribution in [3.8, 4) is 0 Å². The second-order valence-electron chi connectivity index (χ2n) is 2.25. The van der Waals surface area contributed by atoms with Crippen molar-refractivity contribution in [2.24, 2.45) is 0 Å². The van der Waals surface area contributed by atoms with Crippen LogP contribution in [-0.2, 0) is 9.53 Å². The predicted octanol–water partition coefficient (Wildman–Crippen LogP) is 2.24. The number of allylic oxidation sites excluding steroid dienone is 3. The number of carbonyl (C=O) groups excluding carboxylic acids is 1. The zero-order chi connectivity index (χ0) is 9.40. The molecule has 2 heteroatoms. The molecular formula is C10H14O2. The largest absolute Gasteiger partial charge is 0.461 e. The van der Waals surface area contributed by atoms with Gasteiger partial charge in [-0.25, -0.2) is 0 Å². The normalized spacial score (nSPS) is 11.7. The van der Waals surface area contributed by atoms with E-state index in [-0.39, 0.29) is 5.97 Å². The van der Waals surface area contributed by atoms with Crippen molar-refractivity contribution in [2.45, 2.75) is 13.8 Å². The van der Waals surface area contributed by atoms with E-state index in [1.54, 1.807) is 6.08 Å². The summed E-state index contributed by atoms with van der Waals surface area (Å²) in [5.74, 6) is -0.275. The maximum absolute atomic E-state index is 10.4. The highest BCUT2D eigenvalue weighted by molar-refractivity contribution is 5.66. The van der Waals surface area contributed by atoms with Crippen molar-refractivity contribution in [2.75, 3.05) is 6.61 Å². The quantitative estimate of drug-likeness (QED) is 0.473. The Morgan fingerprint density at radius 3 is 2.67 bits per heavy atom. The molecular weight excluding hydrogens is 152 g/mol. The lowest BCUT2D eigenvalue weighted by Crippen LogP contribution is -2.01. The van der Waals surface area contributed by atoms with Crippen LogP contribution in [0, 0.1) is 0 Å². The first kappa shape index (κ1) is 10.7. The lowest BCUT2D eigenvalue weighted by molar-refractivity contribution is -0.139.